The third-order valence-electron chi connectivity index (χ3n) is 2.49. The Morgan fingerprint density at radius 3 is 2.14 bits per heavy atom. The summed E-state index contributed by atoms with van der Waals surface area (Å²) in [5.74, 6) is 1.19. The highest BCUT2D eigenvalue weighted by Gasteiger charge is 2.11. The molecule has 0 saturated heterocycles. The molecule has 0 unspecified atom stereocenters. The van der Waals surface area contributed by atoms with Gasteiger partial charge in [-0.2, -0.15) is 0 Å². The fourth-order valence-electron chi connectivity index (χ4n) is 1.68. The number of carbonyl (C=O) groups is 1. The monoisotopic (exact) mass is 199 g/mol. The maximum Gasteiger partial charge on any atom is 0.122 e. The molecule has 0 atom stereocenters. The van der Waals surface area contributed by atoms with Crippen LogP contribution in [0.4, 0.5) is 0 Å². The molecule has 0 amide bonds. The summed E-state index contributed by atoms with van der Waals surface area (Å²) in [6, 6.07) is 0. The van der Waals surface area contributed by atoms with Crippen molar-refractivity contribution in [2.24, 2.45) is 11.8 Å². The molecule has 0 aromatic rings. The van der Waals surface area contributed by atoms with Crippen LogP contribution in [0.25, 0.3) is 0 Å². The first-order valence-electron chi connectivity index (χ1n) is 5.80. The van der Waals surface area contributed by atoms with Crippen LogP contribution >= 0.6 is 0 Å². The molecule has 0 aliphatic heterocycles. The third kappa shape index (κ3) is 8.24. The molecule has 0 heterocycles. The number of hydrogen-bond acceptors (Lipinski definition) is 2. The predicted molar refractivity (Wildman–Crippen MR) is 61.4 cm³/mol. The number of hydrogen-bond donors (Lipinski definition) is 1. The van der Waals surface area contributed by atoms with E-state index >= 15 is 0 Å². The SMILES string of the molecule is CC(C)C=O.CNCC1CCCCC1. The van der Waals surface area contributed by atoms with Crippen LogP contribution in [0.3, 0.4) is 0 Å². The largest absolute Gasteiger partial charge is 0.319 e. The molecule has 1 aliphatic rings. The van der Waals surface area contributed by atoms with Crippen molar-refractivity contribution in [3.05, 3.63) is 0 Å². The summed E-state index contributed by atoms with van der Waals surface area (Å²) >= 11 is 0. The highest BCUT2D eigenvalue weighted by Crippen LogP contribution is 2.22. The number of nitrogens with one attached hydrogen (secondary N) is 1. The van der Waals surface area contributed by atoms with Crippen LogP contribution in [0, 0.1) is 11.8 Å². The number of rotatable bonds is 3. The summed E-state index contributed by atoms with van der Waals surface area (Å²) in [5, 5.41) is 3.24. The predicted octanol–water partition coefficient (Wildman–Crippen LogP) is 2.63. The lowest BCUT2D eigenvalue weighted by Crippen LogP contribution is -2.20. The highest BCUT2D eigenvalue weighted by atomic mass is 16.1. The first-order chi connectivity index (χ1) is 6.70. The molecule has 1 fully saturated rings. The normalized spacial score (nSPS) is 17.4. The van der Waals surface area contributed by atoms with E-state index < -0.39 is 0 Å². The lowest BCUT2D eigenvalue weighted by atomic mass is 9.89. The third-order valence-corrected chi connectivity index (χ3v) is 2.49. The molecule has 1 rings (SSSR count). The van der Waals surface area contributed by atoms with Crippen LogP contribution < -0.4 is 5.32 Å². The molecule has 2 nitrogen and oxygen atoms in total. The summed E-state index contributed by atoms with van der Waals surface area (Å²) in [5.41, 5.74) is 0. The van der Waals surface area contributed by atoms with Gasteiger partial charge in [-0.25, -0.2) is 0 Å². The molecule has 2 heteroatoms. The summed E-state index contributed by atoms with van der Waals surface area (Å²) in [7, 11) is 2.05. The van der Waals surface area contributed by atoms with Crippen molar-refractivity contribution in [2.45, 2.75) is 46.0 Å². The molecule has 0 spiro atoms. The highest BCUT2D eigenvalue weighted by molar-refractivity contribution is 5.51. The lowest BCUT2D eigenvalue weighted by Gasteiger charge is -2.20. The van der Waals surface area contributed by atoms with E-state index in [1.165, 1.54) is 38.6 Å². The maximum absolute atomic E-state index is 9.50. The standard InChI is InChI=1S/C8H17N.C4H8O/c1-9-7-8-5-3-2-4-6-8;1-4(2)3-5/h8-9H,2-7H2,1H3;3-4H,1-2H3. The van der Waals surface area contributed by atoms with Gasteiger partial charge in [-0.3, -0.25) is 0 Å². The molecule has 1 aliphatic carbocycles. The first kappa shape index (κ1) is 13.6. The second-order valence-electron chi connectivity index (χ2n) is 4.44. The average molecular weight is 199 g/mol. The second-order valence-corrected chi connectivity index (χ2v) is 4.44. The maximum atomic E-state index is 9.50. The van der Waals surface area contributed by atoms with Crippen molar-refractivity contribution < 1.29 is 4.79 Å². The van der Waals surface area contributed by atoms with Gasteiger partial charge < -0.3 is 10.1 Å². The molecule has 1 N–H and O–H groups in total. The molecular weight excluding hydrogens is 174 g/mol. The van der Waals surface area contributed by atoms with Gasteiger partial charge in [-0.05, 0) is 32.4 Å². The zero-order valence-corrected chi connectivity index (χ0v) is 9.88. The van der Waals surface area contributed by atoms with E-state index in [0.717, 1.165) is 12.2 Å². The molecule has 0 radical (unpaired) electrons. The van der Waals surface area contributed by atoms with Crippen molar-refractivity contribution in [3.63, 3.8) is 0 Å². The van der Waals surface area contributed by atoms with Crippen LogP contribution in [0.5, 0.6) is 0 Å². The van der Waals surface area contributed by atoms with E-state index in [-0.39, 0.29) is 5.92 Å². The van der Waals surface area contributed by atoms with Gasteiger partial charge in [0.15, 0.2) is 0 Å². The smallest absolute Gasteiger partial charge is 0.122 e. The second kappa shape index (κ2) is 9.20. The Morgan fingerprint density at radius 2 is 1.79 bits per heavy atom. The molecule has 14 heavy (non-hydrogen) atoms. The van der Waals surface area contributed by atoms with Crippen molar-refractivity contribution in [1.82, 2.24) is 5.32 Å². The van der Waals surface area contributed by atoms with E-state index in [2.05, 4.69) is 12.4 Å². The van der Waals surface area contributed by atoms with Gasteiger partial charge in [0.1, 0.15) is 6.29 Å². The van der Waals surface area contributed by atoms with E-state index in [9.17, 15) is 4.79 Å². The van der Waals surface area contributed by atoms with E-state index in [4.69, 9.17) is 0 Å². The van der Waals surface area contributed by atoms with Crippen LogP contribution in [0.1, 0.15) is 46.0 Å². The average Bonchev–Trinajstić information content (AvgIpc) is 2.21. The van der Waals surface area contributed by atoms with Crippen molar-refractivity contribution in [3.8, 4) is 0 Å². The minimum Gasteiger partial charge on any atom is -0.319 e. The van der Waals surface area contributed by atoms with Gasteiger partial charge in [0, 0.05) is 5.92 Å². The van der Waals surface area contributed by atoms with E-state index in [1.54, 1.807) is 0 Å². The van der Waals surface area contributed by atoms with Crippen molar-refractivity contribution >= 4 is 6.29 Å². The van der Waals surface area contributed by atoms with Gasteiger partial charge in [0.25, 0.3) is 0 Å². The Bertz CT molecular complexity index is 126. The summed E-state index contributed by atoms with van der Waals surface area (Å²) in [4.78, 5) is 9.50. The summed E-state index contributed by atoms with van der Waals surface area (Å²) in [6.07, 6.45) is 8.24. The topological polar surface area (TPSA) is 29.1 Å². The Hall–Kier alpha value is -0.370. The quantitative estimate of drug-likeness (QED) is 0.708. The number of carbonyl (C=O) groups excluding carboxylic acids is 1. The van der Waals surface area contributed by atoms with Gasteiger partial charge in [-0.15, -0.1) is 0 Å². The molecular formula is C12H25NO. The van der Waals surface area contributed by atoms with Gasteiger partial charge in [0.05, 0.1) is 0 Å². The Labute approximate surface area is 88.5 Å². The van der Waals surface area contributed by atoms with Crippen molar-refractivity contribution in [2.75, 3.05) is 13.6 Å². The van der Waals surface area contributed by atoms with E-state index in [0.29, 0.717) is 0 Å². The molecule has 1 saturated carbocycles. The fourth-order valence-corrected chi connectivity index (χ4v) is 1.68. The minimum absolute atomic E-state index is 0.204. The van der Waals surface area contributed by atoms with E-state index in [1.807, 2.05) is 13.8 Å². The zero-order valence-electron chi connectivity index (χ0n) is 9.88. The van der Waals surface area contributed by atoms with Crippen LogP contribution in [0.2, 0.25) is 0 Å². The summed E-state index contributed by atoms with van der Waals surface area (Å²) in [6.45, 7) is 4.94. The van der Waals surface area contributed by atoms with Gasteiger partial charge in [0.2, 0.25) is 0 Å². The molecule has 0 aromatic heterocycles. The van der Waals surface area contributed by atoms with Crippen LogP contribution in [0.15, 0.2) is 0 Å². The molecule has 0 aromatic carbocycles. The number of aldehydes is 1. The lowest BCUT2D eigenvalue weighted by molar-refractivity contribution is -0.110. The summed E-state index contributed by atoms with van der Waals surface area (Å²) < 4.78 is 0. The molecule has 0 bridgehead atoms. The fraction of sp³-hybridized carbons (Fsp3) is 0.917. The Morgan fingerprint density at radius 1 is 1.29 bits per heavy atom. The minimum atomic E-state index is 0.204. The zero-order chi connectivity index (χ0) is 10.8. The van der Waals surface area contributed by atoms with Crippen LogP contribution in [-0.2, 0) is 4.79 Å². The van der Waals surface area contributed by atoms with Crippen LogP contribution in [-0.4, -0.2) is 19.9 Å². The van der Waals surface area contributed by atoms with Crippen molar-refractivity contribution in [1.29, 1.82) is 0 Å². The Kier molecular flexibility index (Phi) is 8.95. The first-order valence-corrected chi connectivity index (χ1v) is 5.80. The van der Waals surface area contributed by atoms with Gasteiger partial charge in [-0.1, -0.05) is 33.1 Å². The Balaban J connectivity index is 0.000000292. The van der Waals surface area contributed by atoms with Gasteiger partial charge >= 0.3 is 0 Å². The molecule has 84 valence electrons.